The van der Waals surface area contributed by atoms with Crippen LogP contribution in [0.1, 0.15) is 31.7 Å². The molecular formula is C12H14N4O3. The summed E-state index contributed by atoms with van der Waals surface area (Å²) in [5.74, 6) is 0.490. The van der Waals surface area contributed by atoms with Gasteiger partial charge in [-0.25, -0.2) is 0 Å². The molecule has 0 aliphatic rings. The molecule has 0 spiro atoms. The highest BCUT2D eigenvalue weighted by Gasteiger charge is 2.21. The molecule has 2 aromatic rings. The van der Waals surface area contributed by atoms with Crippen LogP contribution in [-0.4, -0.2) is 15.1 Å². The number of nitrogens with zero attached hydrogens (tertiary/aromatic N) is 3. The first-order chi connectivity index (χ1) is 9.13. The van der Waals surface area contributed by atoms with E-state index in [-0.39, 0.29) is 17.6 Å². The Morgan fingerprint density at radius 2 is 2.21 bits per heavy atom. The smallest absolute Gasteiger partial charge is 0.280 e. The summed E-state index contributed by atoms with van der Waals surface area (Å²) in [6.45, 7) is 2.00. The van der Waals surface area contributed by atoms with Gasteiger partial charge in [0, 0.05) is 6.07 Å². The number of rotatable bonds is 5. The number of para-hydroxylation sites is 1. The fraction of sp³-hybridized carbons (Fsp3) is 0.333. The number of nitro groups is 1. The van der Waals surface area contributed by atoms with Gasteiger partial charge in [-0.15, -0.1) is 0 Å². The average Bonchev–Trinajstić information content (AvgIpc) is 2.88. The van der Waals surface area contributed by atoms with Crippen LogP contribution in [0.5, 0.6) is 0 Å². The fourth-order valence-electron chi connectivity index (χ4n) is 1.75. The lowest BCUT2D eigenvalue weighted by molar-refractivity contribution is -0.384. The Labute approximate surface area is 109 Å². The van der Waals surface area contributed by atoms with E-state index >= 15 is 0 Å². The molecule has 0 radical (unpaired) electrons. The van der Waals surface area contributed by atoms with Gasteiger partial charge in [0.05, 0.1) is 11.0 Å². The molecule has 0 aliphatic carbocycles. The summed E-state index contributed by atoms with van der Waals surface area (Å²) < 4.78 is 5.06. The molecule has 1 atom stereocenters. The topological polar surface area (TPSA) is 108 Å². The van der Waals surface area contributed by atoms with E-state index in [4.69, 9.17) is 10.3 Å². The number of benzene rings is 1. The van der Waals surface area contributed by atoms with Gasteiger partial charge in [-0.05, 0) is 12.5 Å². The minimum atomic E-state index is -0.475. The average molecular weight is 262 g/mol. The number of nitro benzene ring substituents is 1. The second-order valence-corrected chi connectivity index (χ2v) is 4.13. The van der Waals surface area contributed by atoms with Gasteiger partial charge in [0.1, 0.15) is 5.56 Å². The quantitative estimate of drug-likeness (QED) is 0.654. The fourth-order valence-corrected chi connectivity index (χ4v) is 1.75. The lowest BCUT2D eigenvalue weighted by Crippen LogP contribution is -2.09. The molecule has 0 fully saturated rings. The Balaban J connectivity index is 2.35. The van der Waals surface area contributed by atoms with Crippen molar-refractivity contribution in [1.29, 1.82) is 0 Å². The second kappa shape index (κ2) is 5.57. The Bertz CT molecular complexity index is 582. The van der Waals surface area contributed by atoms with Crippen LogP contribution < -0.4 is 5.73 Å². The molecule has 0 saturated heterocycles. The van der Waals surface area contributed by atoms with Crippen molar-refractivity contribution in [1.82, 2.24) is 10.1 Å². The summed E-state index contributed by atoms with van der Waals surface area (Å²) in [5.41, 5.74) is 6.13. The first kappa shape index (κ1) is 13.2. The zero-order valence-electron chi connectivity index (χ0n) is 10.4. The van der Waals surface area contributed by atoms with Crippen LogP contribution in [0.25, 0.3) is 11.4 Å². The van der Waals surface area contributed by atoms with E-state index in [0.717, 1.165) is 12.8 Å². The summed E-state index contributed by atoms with van der Waals surface area (Å²) in [6, 6.07) is 5.92. The Morgan fingerprint density at radius 3 is 2.89 bits per heavy atom. The third-order valence-corrected chi connectivity index (χ3v) is 2.70. The molecule has 2 N–H and O–H groups in total. The third-order valence-electron chi connectivity index (χ3n) is 2.70. The van der Waals surface area contributed by atoms with Gasteiger partial charge in [-0.1, -0.05) is 30.6 Å². The van der Waals surface area contributed by atoms with Crippen LogP contribution in [0.4, 0.5) is 5.69 Å². The maximum atomic E-state index is 10.9. The molecule has 0 saturated carbocycles. The van der Waals surface area contributed by atoms with Crippen LogP contribution in [0, 0.1) is 10.1 Å². The predicted molar refractivity (Wildman–Crippen MR) is 68.2 cm³/mol. The second-order valence-electron chi connectivity index (χ2n) is 4.13. The molecule has 19 heavy (non-hydrogen) atoms. The molecule has 1 heterocycles. The van der Waals surface area contributed by atoms with Crippen molar-refractivity contribution in [3.63, 3.8) is 0 Å². The first-order valence-electron chi connectivity index (χ1n) is 5.96. The summed E-state index contributed by atoms with van der Waals surface area (Å²) in [6.07, 6.45) is 1.61. The highest BCUT2D eigenvalue weighted by molar-refractivity contribution is 5.67. The van der Waals surface area contributed by atoms with Gasteiger partial charge in [0.15, 0.2) is 0 Å². The number of hydrogen-bond acceptors (Lipinski definition) is 6. The van der Waals surface area contributed by atoms with Gasteiger partial charge in [-0.2, -0.15) is 4.98 Å². The zero-order chi connectivity index (χ0) is 13.8. The lowest BCUT2D eigenvalue weighted by atomic mass is 10.1. The van der Waals surface area contributed by atoms with Gasteiger partial charge in [-0.3, -0.25) is 10.1 Å². The van der Waals surface area contributed by atoms with Crippen molar-refractivity contribution in [2.45, 2.75) is 25.8 Å². The van der Waals surface area contributed by atoms with Crippen LogP contribution in [0.2, 0.25) is 0 Å². The molecule has 0 bridgehead atoms. The standard InChI is InChI=1S/C12H14N4O3/c1-2-5-9(13)12-14-11(15-19-12)8-6-3-4-7-10(8)16(17)18/h3-4,6-7,9H,2,5,13H2,1H3/t9-/m0/s1. The van der Waals surface area contributed by atoms with E-state index in [1.807, 2.05) is 6.92 Å². The summed E-state index contributed by atoms with van der Waals surface area (Å²) >= 11 is 0. The maximum Gasteiger partial charge on any atom is 0.280 e. The van der Waals surface area contributed by atoms with Crippen molar-refractivity contribution in [2.75, 3.05) is 0 Å². The van der Waals surface area contributed by atoms with E-state index in [1.165, 1.54) is 6.07 Å². The van der Waals surface area contributed by atoms with Gasteiger partial charge in [0.2, 0.25) is 11.7 Å². The lowest BCUT2D eigenvalue weighted by Gasteiger charge is -2.02. The van der Waals surface area contributed by atoms with E-state index in [2.05, 4.69) is 10.1 Å². The Kier molecular flexibility index (Phi) is 3.86. The van der Waals surface area contributed by atoms with Gasteiger partial charge in [0.25, 0.3) is 5.69 Å². The SMILES string of the molecule is CCC[C@H](N)c1nc(-c2ccccc2[N+](=O)[O-])no1. The summed E-state index contributed by atoms with van der Waals surface area (Å²) in [7, 11) is 0. The Morgan fingerprint density at radius 1 is 1.47 bits per heavy atom. The van der Waals surface area contributed by atoms with Crippen LogP contribution in [-0.2, 0) is 0 Å². The molecular weight excluding hydrogens is 248 g/mol. The molecule has 2 rings (SSSR count). The van der Waals surface area contributed by atoms with Crippen molar-refractivity contribution in [3.8, 4) is 11.4 Å². The van der Waals surface area contributed by atoms with E-state index in [1.54, 1.807) is 18.2 Å². The van der Waals surface area contributed by atoms with E-state index in [9.17, 15) is 10.1 Å². The highest BCUT2D eigenvalue weighted by Crippen LogP contribution is 2.28. The zero-order valence-corrected chi connectivity index (χ0v) is 10.4. The predicted octanol–water partition coefficient (Wildman–Crippen LogP) is 2.44. The van der Waals surface area contributed by atoms with Gasteiger partial charge >= 0.3 is 0 Å². The molecule has 1 aromatic heterocycles. The van der Waals surface area contributed by atoms with E-state index in [0.29, 0.717) is 11.5 Å². The highest BCUT2D eigenvalue weighted by atomic mass is 16.6. The molecule has 0 aliphatic heterocycles. The minimum Gasteiger partial charge on any atom is -0.337 e. The largest absolute Gasteiger partial charge is 0.337 e. The van der Waals surface area contributed by atoms with Crippen molar-refractivity contribution >= 4 is 5.69 Å². The number of nitrogens with two attached hydrogens (primary N) is 1. The number of hydrogen-bond donors (Lipinski definition) is 1. The maximum absolute atomic E-state index is 10.9. The molecule has 7 nitrogen and oxygen atoms in total. The van der Waals surface area contributed by atoms with Crippen molar-refractivity contribution in [3.05, 3.63) is 40.3 Å². The molecule has 1 aromatic carbocycles. The van der Waals surface area contributed by atoms with Crippen LogP contribution >= 0.6 is 0 Å². The van der Waals surface area contributed by atoms with Crippen molar-refractivity contribution < 1.29 is 9.45 Å². The monoisotopic (exact) mass is 262 g/mol. The van der Waals surface area contributed by atoms with E-state index < -0.39 is 4.92 Å². The normalized spacial score (nSPS) is 12.3. The minimum absolute atomic E-state index is 0.0566. The molecule has 7 heteroatoms. The number of aromatic nitrogens is 2. The third kappa shape index (κ3) is 2.76. The van der Waals surface area contributed by atoms with Crippen LogP contribution in [0.3, 0.4) is 0 Å². The van der Waals surface area contributed by atoms with Gasteiger partial charge < -0.3 is 10.3 Å². The molecule has 0 unspecified atom stereocenters. The summed E-state index contributed by atoms with van der Waals surface area (Å²) in [4.78, 5) is 14.6. The summed E-state index contributed by atoms with van der Waals surface area (Å²) in [5, 5.41) is 14.7. The van der Waals surface area contributed by atoms with Crippen LogP contribution in [0.15, 0.2) is 28.8 Å². The van der Waals surface area contributed by atoms with Crippen molar-refractivity contribution in [2.24, 2.45) is 5.73 Å². The molecule has 0 amide bonds. The Hall–Kier alpha value is -2.28. The molecule has 100 valence electrons. The first-order valence-corrected chi connectivity index (χ1v) is 5.96.